The fourth-order valence-corrected chi connectivity index (χ4v) is 1.45. The van der Waals surface area contributed by atoms with Gasteiger partial charge in [0.25, 0.3) is 0 Å². The third-order valence-corrected chi connectivity index (χ3v) is 2.18. The second kappa shape index (κ2) is 5.76. The van der Waals surface area contributed by atoms with E-state index in [9.17, 15) is 0 Å². The van der Waals surface area contributed by atoms with Crippen LogP contribution in [-0.2, 0) is 0 Å². The Morgan fingerprint density at radius 2 is 1.93 bits per heavy atom. The first kappa shape index (κ1) is 12.1. The number of hydrogen-bond donors (Lipinski definition) is 1. The van der Waals surface area contributed by atoms with E-state index in [0.717, 1.165) is 22.8 Å². The summed E-state index contributed by atoms with van der Waals surface area (Å²) in [6.07, 6.45) is 1.01. The highest BCUT2D eigenvalue weighted by molar-refractivity contribution is 6.30. The van der Waals surface area contributed by atoms with E-state index in [1.54, 1.807) is 0 Å². The second-order valence-electron chi connectivity index (χ2n) is 4.06. The van der Waals surface area contributed by atoms with Crippen molar-refractivity contribution in [2.24, 2.45) is 11.0 Å². The number of benzene rings is 1. The van der Waals surface area contributed by atoms with Crippen LogP contribution in [-0.4, -0.2) is 5.71 Å². The minimum Gasteiger partial charge on any atom is -0.279 e. The van der Waals surface area contributed by atoms with Crippen molar-refractivity contribution < 1.29 is 0 Å². The van der Waals surface area contributed by atoms with Crippen LogP contribution in [0.1, 0.15) is 27.2 Å². The molecule has 2 nitrogen and oxygen atoms in total. The Bertz CT molecular complexity index is 328. The van der Waals surface area contributed by atoms with E-state index in [1.807, 2.05) is 31.2 Å². The SMILES string of the molecule is C/C(CC(C)C)=N\Nc1ccc(Cl)cc1. The topological polar surface area (TPSA) is 24.4 Å². The summed E-state index contributed by atoms with van der Waals surface area (Å²) in [6, 6.07) is 7.51. The van der Waals surface area contributed by atoms with Crippen molar-refractivity contribution in [3.05, 3.63) is 29.3 Å². The number of anilines is 1. The molecule has 0 heterocycles. The number of hydrazone groups is 1. The predicted molar refractivity (Wildman–Crippen MR) is 67.6 cm³/mol. The van der Waals surface area contributed by atoms with Gasteiger partial charge in [-0.05, 0) is 43.5 Å². The summed E-state index contributed by atoms with van der Waals surface area (Å²) in [7, 11) is 0. The highest BCUT2D eigenvalue weighted by atomic mass is 35.5. The summed E-state index contributed by atoms with van der Waals surface area (Å²) in [5, 5.41) is 5.03. The number of rotatable bonds is 4. The largest absolute Gasteiger partial charge is 0.279 e. The van der Waals surface area contributed by atoms with Gasteiger partial charge in [-0.15, -0.1) is 0 Å². The van der Waals surface area contributed by atoms with Gasteiger partial charge in [0.2, 0.25) is 0 Å². The Balaban J connectivity index is 2.52. The first-order chi connectivity index (χ1) is 7.08. The maximum absolute atomic E-state index is 5.78. The highest BCUT2D eigenvalue weighted by Gasteiger charge is 1.97. The lowest BCUT2D eigenvalue weighted by Gasteiger charge is -2.05. The quantitative estimate of drug-likeness (QED) is 0.602. The molecule has 1 aromatic carbocycles. The molecular weight excluding hydrogens is 208 g/mol. The molecule has 1 N–H and O–H groups in total. The van der Waals surface area contributed by atoms with E-state index in [4.69, 9.17) is 11.6 Å². The maximum atomic E-state index is 5.78. The molecular formula is C12H17ClN2. The standard InChI is InChI=1S/C12H17ClN2/c1-9(2)8-10(3)14-15-12-6-4-11(13)5-7-12/h4-7,9,15H,8H2,1-3H3/b14-10+. The fourth-order valence-electron chi connectivity index (χ4n) is 1.32. The van der Waals surface area contributed by atoms with Gasteiger partial charge in [0.15, 0.2) is 0 Å². The number of halogens is 1. The molecule has 0 aliphatic rings. The van der Waals surface area contributed by atoms with E-state index in [1.165, 1.54) is 0 Å². The van der Waals surface area contributed by atoms with Gasteiger partial charge >= 0.3 is 0 Å². The van der Waals surface area contributed by atoms with Crippen LogP contribution < -0.4 is 5.43 Å². The molecule has 0 unspecified atom stereocenters. The van der Waals surface area contributed by atoms with Crippen LogP contribution in [0.5, 0.6) is 0 Å². The normalized spacial score (nSPS) is 11.9. The Labute approximate surface area is 96.3 Å². The first-order valence-corrected chi connectivity index (χ1v) is 5.50. The third-order valence-electron chi connectivity index (χ3n) is 1.92. The minimum absolute atomic E-state index is 0.640. The van der Waals surface area contributed by atoms with E-state index in [0.29, 0.717) is 5.92 Å². The van der Waals surface area contributed by atoms with Crippen molar-refractivity contribution in [3.63, 3.8) is 0 Å². The molecule has 82 valence electrons. The van der Waals surface area contributed by atoms with E-state index >= 15 is 0 Å². The van der Waals surface area contributed by atoms with Gasteiger partial charge < -0.3 is 0 Å². The Hall–Kier alpha value is -1.02. The smallest absolute Gasteiger partial charge is 0.0562 e. The summed E-state index contributed by atoms with van der Waals surface area (Å²) in [5.74, 6) is 0.640. The summed E-state index contributed by atoms with van der Waals surface area (Å²) in [5.41, 5.74) is 5.08. The molecule has 0 aromatic heterocycles. The summed E-state index contributed by atoms with van der Waals surface area (Å²) < 4.78 is 0. The number of hydrogen-bond acceptors (Lipinski definition) is 2. The first-order valence-electron chi connectivity index (χ1n) is 5.12. The molecule has 1 rings (SSSR count). The lowest BCUT2D eigenvalue weighted by Crippen LogP contribution is -2.01. The molecule has 0 fully saturated rings. The van der Waals surface area contributed by atoms with Crippen LogP contribution in [0.25, 0.3) is 0 Å². The van der Waals surface area contributed by atoms with Gasteiger partial charge in [-0.25, -0.2) is 0 Å². The molecule has 3 heteroatoms. The predicted octanol–water partition coefficient (Wildman–Crippen LogP) is 4.17. The summed E-state index contributed by atoms with van der Waals surface area (Å²) >= 11 is 5.78. The maximum Gasteiger partial charge on any atom is 0.0562 e. The van der Waals surface area contributed by atoms with Crippen molar-refractivity contribution in [1.82, 2.24) is 0 Å². The molecule has 0 amide bonds. The van der Waals surface area contributed by atoms with Crippen LogP contribution in [0, 0.1) is 5.92 Å². The summed E-state index contributed by atoms with van der Waals surface area (Å²) in [4.78, 5) is 0. The van der Waals surface area contributed by atoms with Crippen LogP contribution in [0.2, 0.25) is 5.02 Å². The van der Waals surface area contributed by atoms with Gasteiger partial charge in [0, 0.05) is 10.7 Å². The fraction of sp³-hybridized carbons (Fsp3) is 0.417. The van der Waals surface area contributed by atoms with Gasteiger partial charge in [-0.2, -0.15) is 5.10 Å². The van der Waals surface area contributed by atoms with Gasteiger partial charge in [-0.1, -0.05) is 25.4 Å². The molecule has 0 saturated heterocycles. The van der Waals surface area contributed by atoms with Crippen molar-refractivity contribution in [1.29, 1.82) is 0 Å². The van der Waals surface area contributed by atoms with E-state index in [-0.39, 0.29) is 0 Å². The zero-order valence-electron chi connectivity index (χ0n) is 9.42. The van der Waals surface area contributed by atoms with Crippen molar-refractivity contribution >= 4 is 23.0 Å². The Morgan fingerprint density at radius 3 is 2.47 bits per heavy atom. The molecule has 0 saturated carbocycles. The zero-order chi connectivity index (χ0) is 11.3. The zero-order valence-corrected chi connectivity index (χ0v) is 10.2. The Kier molecular flexibility index (Phi) is 4.63. The van der Waals surface area contributed by atoms with Gasteiger partial charge in [0.05, 0.1) is 5.69 Å². The molecule has 0 spiro atoms. The highest BCUT2D eigenvalue weighted by Crippen LogP contribution is 2.13. The van der Waals surface area contributed by atoms with E-state index in [2.05, 4.69) is 24.4 Å². The van der Waals surface area contributed by atoms with Crippen molar-refractivity contribution in [2.45, 2.75) is 27.2 Å². The third kappa shape index (κ3) is 4.84. The molecule has 0 bridgehead atoms. The minimum atomic E-state index is 0.640. The molecule has 0 aliphatic heterocycles. The van der Waals surface area contributed by atoms with Crippen LogP contribution in [0.4, 0.5) is 5.69 Å². The van der Waals surface area contributed by atoms with Gasteiger partial charge in [-0.3, -0.25) is 5.43 Å². The lowest BCUT2D eigenvalue weighted by atomic mass is 10.1. The number of nitrogens with one attached hydrogen (secondary N) is 1. The molecule has 0 aliphatic carbocycles. The number of nitrogens with zero attached hydrogens (tertiary/aromatic N) is 1. The second-order valence-corrected chi connectivity index (χ2v) is 4.50. The Morgan fingerprint density at radius 1 is 1.33 bits per heavy atom. The lowest BCUT2D eigenvalue weighted by molar-refractivity contribution is 0.682. The van der Waals surface area contributed by atoms with E-state index < -0.39 is 0 Å². The van der Waals surface area contributed by atoms with Crippen LogP contribution >= 0.6 is 11.6 Å². The van der Waals surface area contributed by atoms with Crippen molar-refractivity contribution in [2.75, 3.05) is 5.43 Å². The molecule has 0 radical (unpaired) electrons. The summed E-state index contributed by atoms with van der Waals surface area (Å²) in [6.45, 7) is 6.39. The molecule has 0 atom stereocenters. The van der Waals surface area contributed by atoms with Gasteiger partial charge in [0.1, 0.15) is 0 Å². The van der Waals surface area contributed by atoms with Crippen LogP contribution in [0.15, 0.2) is 29.4 Å². The average molecular weight is 225 g/mol. The average Bonchev–Trinajstić information content (AvgIpc) is 2.16. The van der Waals surface area contributed by atoms with Crippen LogP contribution in [0.3, 0.4) is 0 Å². The monoisotopic (exact) mass is 224 g/mol. The molecule has 1 aromatic rings. The van der Waals surface area contributed by atoms with Crippen molar-refractivity contribution in [3.8, 4) is 0 Å². The molecule has 15 heavy (non-hydrogen) atoms.